The van der Waals surface area contributed by atoms with Gasteiger partial charge < -0.3 is 11.1 Å². The summed E-state index contributed by atoms with van der Waals surface area (Å²) in [5.74, 6) is 1.37. The first-order chi connectivity index (χ1) is 8.13. The van der Waals surface area contributed by atoms with Crippen molar-refractivity contribution in [3.63, 3.8) is 0 Å². The third-order valence-corrected chi connectivity index (χ3v) is 4.78. The molecule has 3 rings (SSSR count). The minimum Gasteiger partial charge on any atom is -0.397 e. The van der Waals surface area contributed by atoms with E-state index in [2.05, 4.69) is 21.2 Å². The highest BCUT2D eigenvalue weighted by atomic mass is 79.9. The summed E-state index contributed by atoms with van der Waals surface area (Å²) in [6.07, 6.45) is 5.29. The molecule has 2 bridgehead atoms. The molecule has 2 aliphatic carbocycles. The molecule has 1 aromatic carbocycles. The summed E-state index contributed by atoms with van der Waals surface area (Å²) in [7, 11) is 0. The van der Waals surface area contributed by atoms with Crippen LogP contribution in [0.5, 0.6) is 0 Å². The number of hydrogen-bond acceptors (Lipinski definition) is 2. The number of benzene rings is 1. The maximum absolute atomic E-state index is 13.3. The molecule has 2 fully saturated rings. The molecule has 2 aliphatic rings. The highest BCUT2D eigenvalue weighted by Gasteiger charge is 2.39. The Bertz CT molecular complexity index is 449. The van der Waals surface area contributed by atoms with Crippen molar-refractivity contribution in [2.75, 3.05) is 11.1 Å². The van der Waals surface area contributed by atoms with Crippen molar-refractivity contribution in [3.8, 4) is 0 Å². The second-order valence-corrected chi connectivity index (χ2v) is 6.13. The standard InChI is InChI=1S/C13H16BrFN2/c14-9-5-13(11(16)6-10(9)15)17-12-4-7-1-2-8(12)3-7/h5-8,12,17H,1-4,16H2. The van der Waals surface area contributed by atoms with E-state index in [-0.39, 0.29) is 5.82 Å². The first-order valence-corrected chi connectivity index (χ1v) is 6.94. The lowest BCUT2D eigenvalue weighted by Gasteiger charge is -2.25. The van der Waals surface area contributed by atoms with Gasteiger partial charge in [0.1, 0.15) is 5.82 Å². The Hall–Kier alpha value is -0.770. The lowest BCUT2D eigenvalue weighted by atomic mass is 9.95. The number of nitrogens with two attached hydrogens (primary N) is 1. The van der Waals surface area contributed by atoms with Crippen molar-refractivity contribution in [2.45, 2.75) is 31.7 Å². The van der Waals surface area contributed by atoms with Crippen molar-refractivity contribution >= 4 is 27.3 Å². The Labute approximate surface area is 109 Å². The number of hydrogen-bond donors (Lipinski definition) is 2. The van der Waals surface area contributed by atoms with E-state index in [0.29, 0.717) is 16.2 Å². The van der Waals surface area contributed by atoms with Crippen molar-refractivity contribution in [3.05, 3.63) is 22.4 Å². The molecule has 0 saturated heterocycles. The fraction of sp³-hybridized carbons (Fsp3) is 0.538. The predicted molar refractivity (Wildman–Crippen MR) is 71.4 cm³/mol. The van der Waals surface area contributed by atoms with Gasteiger partial charge in [-0.15, -0.1) is 0 Å². The van der Waals surface area contributed by atoms with Crippen LogP contribution in [0.2, 0.25) is 0 Å². The fourth-order valence-corrected chi connectivity index (χ4v) is 3.65. The summed E-state index contributed by atoms with van der Waals surface area (Å²) in [5, 5.41) is 3.49. The average Bonchev–Trinajstić information content (AvgIpc) is 2.87. The van der Waals surface area contributed by atoms with E-state index in [9.17, 15) is 4.39 Å². The van der Waals surface area contributed by atoms with Gasteiger partial charge in [0.15, 0.2) is 0 Å². The molecule has 3 unspecified atom stereocenters. The van der Waals surface area contributed by atoms with Crippen LogP contribution in [0.1, 0.15) is 25.7 Å². The monoisotopic (exact) mass is 298 g/mol. The van der Waals surface area contributed by atoms with Gasteiger partial charge in [0, 0.05) is 12.1 Å². The SMILES string of the molecule is Nc1cc(F)c(Br)cc1NC1CC2CCC1C2. The summed E-state index contributed by atoms with van der Waals surface area (Å²) in [6, 6.07) is 3.64. The topological polar surface area (TPSA) is 38.0 Å². The van der Waals surface area contributed by atoms with Gasteiger partial charge in [0.2, 0.25) is 0 Å². The molecule has 17 heavy (non-hydrogen) atoms. The maximum Gasteiger partial charge on any atom is 0.139 e. The molecule has 0 aromatic heterocycles. The van der Waals surface area contributed by atoms with E-state index in [1.807, 2.05) is 0 Å². The normalized spacial score (nSPS) is 30.8. The van der Waals surface area contributed by atoms with Crippen molar-refractivity contribution in [2.24, 2.45) is 11.8 Å². The van der Waals surface area contributed by atoms with E-state index < -0.39 is 0 Å². The van der Waals surface area contributed by atoms with Gasteiger partial charge in [0.25, 0.3) is 0 Å². The molecule has 4 heteroatoms. The van der Waals surface area contributed by atoms with Crippen LogP contribution in [0.15, 0.2) is 16.6 Å². The summed E-state index contributed by atoms with van der Waals surface area (Å²) in [4.78, 5) is 0. The average molecular weight is 299 g/mol. The Balaban J connectivity index is 1.79. The van der Waals surface area contributed by atoms with E-state index in [0.717, 1.165) is 17.5 Å². The molecule has 0 amide bonds. The Morgan fingerprint density at radius 2 is 2.12 bits per heavy atom. The van der Waals surface area contributed by atoms with Crippen molar-refractivity contribution in [1.29, 1.82) is 0 Å². The number of fused-ring (bicyclic) bond motifs is 2. The molecule has 1 aromatic rings. The fourth-order valence-electron chi connectivity index (χ4n) is 3.31. The van der Waals surface area contributed by atoms with Crippen LogP contribution in [-0.2, 0) is 0 Å². The van der Waals surface area contributed by atoms with Gasteiger partial charge in [-0.3, -0.25) is 0 Å². The highest BCUT2D eigenvalue weighted by molar-refractivity contribution is 9.10. The van der Waals surface area contributed by atoms with Crippen LogP contribution in [0, 0.1) is 17.7 Å². The molecule has 92 valence electrons. The lowest BCUT2D eigenvalue weighted by molar-refractivity contribution is 0.440. The molecule has 3 atom stereocenters. The number of nitrogens with one attached hydrogen (secondary N) is 1. The van der Waals surface area contributed by atoms with Gasteiger partial charge in [-0.25, -0.2) is 4.39 Å². The van der Waals surface area contributed by atoms with Crippen LogP contribution in [-0.4, -0.2) is 6.04 Å². The number of rotatable bonds is 2. The largest absolute Gasteiger partial charge is 0.397 e. The molecule has 0 aliphatic heterocycles. The van der Waals surface area contributed by atoms with Crippen molar-refractivity contribution in [1.82, 2.24) is 0 Å². The van der Waals surface area contributed by atoms with Gasteiger partial charge in [-0.1, -0.05) is 6.42 Å². The first kappa shape index (κ1) is 11.3. The molecule has 0 radical (unpaired) electrons. The molecule has 2 saturated carbocycles. The zero-order chi connectivity index (χ0) is 12.0. The second-order valence-electron chi connectivity index (χ2n) is 5.28. The highest BCUT2D eigenvalue weighted by Crippen LogP contribution is 2.46. The number of halogens is 2. The van der Waals surface area contributed by atoms with Crippen LogP contribution >= 0.6 is 15.9 Å². The lowest BCUT2D eigenvalue weighted by Crippen LogP contribution is -2.26. The summed E-state index contributed by atoms with van der Waals surface area (Å²) in [5.41, 5.74) is 7.19. The molecule has 3 N–H and O–H groups in total. The smallest absolute Gasteiger partial charge is 0.139 e. The summed E-state index contributed by atoms with van der Waals surface area (Å²) >= 11 is 3.20. The van der Waals surface area contributed by atoms with Gasteiger partial charge in [-0.05, 0) is 53.1 Å². The summed E-state index contributed by atoms with van der Waals surface area (Å²) < 4.78 is 13.7. The molecular weight excluding hydrogens is 283 g/mol. The number of anilines is 2. The zero-order valence-corrected chi connectivity index (χ0v) is 11.1. The van der Waals surface area contributed by atoms with E-state index in [1.165, 1.54) is 31.7 Å². The van der Waals surface area contributed by atoms with Crippen LogP contribution in [0.4, 0.5) is 15.8 Å². The van der Waals surface area contributed by atoms with Gasteiger partial charge >= 0.3 is 0 Å². The van der Waals surface area contributed by atoms with Crippen molar-refractivity contribution < 1.29 is 4.39 Å². The minimum absolute atomic E-state index is 0.305. The summed E-state index contributed by atoms with van der Waals surface area (Å²) in [6.45, 7) is 0. The second kappa shape index (κ2) is 4.16. The third-order valence-electron chi connectivity index (χ3n) is 4.17. The Kier molecular flexibility index (Phi) is 2.77. The zero-order valence-electron chi connectivity index (χ0n) is 9.55. The van der Waals surface area contributed by atoms with Gasteiger partial charge in [-0.2, -0.15) is 0 Å². The first-order valence-electron chi connectivity index (χ1n) is 6.14. The predicted octanol–water partition coefficient (Wildman–Crippen LogP) is 3.77. The maximum atomic E-state index is 13.3. The minimum atomic E-state index is -0.305. The van der Waals surface area contributed by atoms with Crippen LogP contribution < -0.4 is 11.1 Å². The molecule has 2 nitrogen and oxygen atoms in total. The van der Waals surface area contributed by atoms with Crippen LogP contribution in [0.25, 0.3) is 0 Å². The number of nitrogen functional groups attached to an aromatic ring is 1. The van der Waals surface area contributed by atoms with Crippen LogP contribution in [0.3, 0.4) is 0 Å². The van der Waals surface area contributed by atoms with Gasteiger partial charge in [0.05, 0.1) is 15.8 Å². The Morgan fingerprint density at radius 3 is 2.76 bits per heavy atom. The molecule has 0 spiro atoms. The quantitative estimate of drug-likeness (QED) is 0.816. The molecular formula is C13H16BrFN2. The van der Waals surface area contributed by atoms with E-state index in [4.69, 9.17) is 5.73 Å². The Morgan fingerprint density at radius 1 is 1.29 bits per heavy atom. The van der Waals surface area contributed by atoms with E-state index >= 15 is 0 Å². The third kappa shape index (κ3) is 2.03. The molecule has 0 heterocycles. The van der Waals surface area contributed by atoms with E-state index in [1.54, 1.807) is 6.07 Å².